The molecule has 1 N–H and O–H groups in total. The number of carbonyl (C=O) groups excluding carboxylic acids is 1. The molecular weight excluding hydrogens is 316 g/mol. The molecule has 0 radical (unpaired) electrons. The molecule has 0 aliphatic rings. The highest BCUT2D eigenvalue weighted by Crippen LogP contribution is 2.28. The van der Waals surface area contributed by atoms with E-state index in [1.54, 1.807) is 14.2 Å². The van der Waals surface area contributed by atoms with Crippen LogP contribution in [0, 0.1) is 0 Å². The fourth-order valence-electron chi connectivity index (χ4n) is 2.56. The predicted octanol–water partition coefficient (Wildman–Crippen LogP) is 3.73. The first-order valence-electron chi connectivity index (χ1n) is 8.31. The zero-order valence-electron chi connectivity index (χ0n) is 15.3. The van der Waals surface area contributed by atoms with E-state index in [4.69, 9.17) is 9.47 Å². The molecule has 1 amide bonds. The van der Waals surface area contributed by atoms with Crippen molar-refractivity contribution in [3.05, 3.63) is 48.0 Å². The maximum atomic E-state index is 12.1. The summed E-state index contributed by atoms with van der Waals surface area (Å²) in [5, 5.41) is 2.93. The Balaban J connectivity index is 1.82. The summed E-state index contributed by atoms with van der Waals surface area (Å²) < 4.78 is 10.5. The van der Waals surface area contributed by atoms with Gasteiger partial charge in [0.1, 0.15) is 0 Å². The van der Waals surface area contributed by atoms with Gasteiger partial charge >= 0.3 is 0 Å². The van der Waals surface area contributed by atoms with Crippen LogP contribution in [0.1, 0.15) is 18.4 Å². The normalized spacial score (nSPS) is 10.2. The minimum atomic E-state index is 0.0260. The van der Waals surface area contributed by atoms with E-state index in [9.17, 15) is 4.79 Å². The van der Waals surface area contributed by atoms with Gasteiger partial charge in [-0.15, -0.1) is 0 Å². The SMILES string of the molecule is COc1ccc(CCCC(=O)Nc2ccc(N(C)C)cc2)cc1OC. The molecule has 2 rings (SSSR count). The van der Waals surface area contributed by atoms with Crippen LogP contribution in [-0.2, 0) is 11.2 Å². The second kappa shape index (κ2) is 8.97. The third-order valence-corrected chi connectivity index (χ3v) is 3.98. The van der Waals surface area contributed by atoms with Gasteiger partial charge < -0.3 is 19.7 Å². The molecule has 25 heavy (non-hydrogen) atoms. The highest BCUT2D eigenvalue weighted by atomic mass is 16.5. The summed E-state index contributed by atoms with van der Waals surface area (Å²) >= 11 is 0. The summed E-state index contributed by atoms with van der Waals surface area (Å²) in [6.07, 6.45) is 2.06. The topological polar surface area (TPSA) is 50.8 Å². The zero-order chi connectivity index (χ0) is 18.2. The Morgan fingerprint density at radius 1 is 1.00 bits per heavy atom. The molecular formula is C20H26N2O3. The summed E-state index contributed by atoms with van der Waals surface area (Å²) in [6, 6.07) is 13.7. The van der Waals surface area contributed by atoms with Crippen LogP contribution in [0.3, 0.4) is 0 Å². The number of hydrogen-bond donors (Lipinski definition) is 1. The van der Waals surface area contributed by atoms with Gasteiger partial charge in [0.2, 0.25) is 5.91 Å². The lowest BCUT2D eigenvalue weighted by molar-refractivity contribution is -0.116. The molecule has 0 saturated carbocycles. The maximum absolute atomic E-state index is 12.1. The van der Waals surface area contributed by atoms with E-state index in [0.29, 0.717) is 17.9 Å². The second-order valence-electron chi connectivity index (χ2n) is 6.03. The number of ether oxygens (including phenoxy) is 2. The maximum Gasteiger partial charge on any atom is 0.224 e. The van der Waals surface area contributed by atoms with Gasteiger partial charge in [0.15, 0.2) is 11.5 Å². The van der Waals surface area contributed by atoms with Crippen LogP contribution in [0.25, 0.3) is 0 Å². The van der Waals surface area contributed by atoms with Gasteiger partial charge in [-0.1, -0.05) is 6.07 Å². The van der Waals surface area contributed by atoms with Gasteiger partial charge in [-0.05, 0) is 54.8 Å². The fraction of sp³-hybridized carbons (Fsp3) is 0.350. The molecule has 0 aliphatic heterocycles. The number of anilines is 2. The van der Waals surface area contributed by atoms with Crippen molar-refractivity contribution in [2.45, 2.75) is 19.3 Å². The Labute approximate surface area is 149 Å². The largest absolute Gasteiger partial charge is 0.493 e. The first kappa shape index (κ1) is 18.6. The van der Waals surface area contributed by atoms with E-state index in [2.05, 4.69) is 5.32 Å². The number of nitrogens with zero attached hydrogens (tertiary/aromatic N) is 1. The van der Waals surface area contributed by atoms with Gasteiger partial charge in [0.25, 0.3) is 0 Å². The van der Waals surface area contributed by atoms with Crippen molar-refractivity contribution in [2.24, 2.45) is 0 Å². The average Bonchev–Trinajstić information content (AvgIpc) is 2.62. The quantitative estimate of drug-likeness (QED) is 0.794. The third-order valence-electron chi connectivity index (χ3n) is 3.98. The molecule has 2 aromatic carbocycles. The fourth-order valence-corrected chi connectivity index (χ4v) is 2.56. The van der Waals surface area contributed by atoms with Gasteiger partial charge in [-0.2, -0.15) is 0 Å². The number of rotatable bonds is 8. The lowest BCUT2D eigenvalue weighted by Crippen LogP contribution is -2.12. The molecule has 2 aromatic rings. The number of nitrogens with one attached hydrogen (secondary N) is 1. The molecule has 5 nitrogen and oxygen atoms in total. The van der Waals surface area contributed by atoms with Crippen LogP contribution in [0.5, 0.6) is 11.5 Å². The Hall–Kier alpha value is -2.69. The van der Waals surface area contributed by atoms with Crippen molar-refractivity contribution in [1.29, 1.82) is 0 Å². The molecule has 0 aromatic heterocycles. The standard InChI is InChI=1S/C20H26N2O3/c1-22(2)17-11-9-16(10-12-17)21-20(23)7-5-6-15-8-13-18(24-3)19(14-15)25-4/h8-14H,5-7H2,1-4H3,(H,21,23). The van der Waals surface area contributed by atoms with Crippen molar-refractivity contribution < 1.29 is 14.3 Å². The van der Waals surface area contributed by atoms with Crippen LogP contribution in [0.2, 0.25) is 0 Å². The molecule has 0 fully saturated rings. The van der Waals surface area contributed by atoms with Crippen LogP contribution in [0.15, 0.2) is 42.5 Å². The van der Waals surface area contributed by atoms with Gasteiger partial charge in [0.05, 0.1) is 14.2 Å². The molecule has 134 valence electrons. The second-order valence-corrected chi connectivity index (χ2v) is 6.03. The van der Waals surface area contributed by atoms with Crippen LogP contribution in [0.4, 0.5) is 11.4 Å². The molecule has 0 spiro atoms. The van der Waals surface area contributed by atoms with E-state index in [-0.39, 0.29) is 5.91 Å². The van der Waals surface area contributed by atoms with Gasteiger partial charge in [-0.3, -0.25) is 4.79 Å². The monoisotopic (exact) mass is 342 g/mol. The number of carbonyl (C=O) groups is 1. The molecule has 5 heteroatoms. The number of amides is 1. The summed E-state index contributed by atoms with van der Waals surface area (Å²) in [5.74, 6) is 1.45. The van der Waals surface area contributed by atoms with E-state index >= 15 is 0 Å². The van der Waals surface area contributed by atoms with Crippen molar-refractivity contribution in [3.63, 3.8) is 0 Å². The Bertz CT molecular complexity index is 697. The summed E-state index contributed by atoms with van der Waals surface area (Å²) in [7, 11) is 7.22. The van der Waals surface area contributed by atoms with Crippen LogP contribution < -0.4 is 19.7 Å². The molecule has 0 unspecified atom stereocenters. The van der Waals surface area contributed by atoms with Gasteiger partial charge in [-0.25, -0.2) is 0 Å². The lowest BCUT2D eigenvalue weighted by Gasteiger charge is -2.13. The Morgan fingerprint density at radius 3 is 2.28 bits per heavy atom. The van der Waals surface area contributed by atoms with E-state index in [1.165, 1.54) is 0 Å². The highest BCUT2D eigenvalue weighted by molar-refractivity contribution is 5.90. The molecule has 0 saturated heterocycles. The smallest absolute Gasteiger partial charge is 0.224 e. The molecule has 0 heterocycles. The number of benzene rings is 2. The Morgan fingerprint density at radius 2 is 1.68 bits per heavy atom. The molecule has 0 atom stereocenters. The summed E-state index contributed by atoms with van der Waals surface area (Å²) in [4.78, 5) is 14.1. The minimum absolute atomic E-state index is 0.0260. The van der Waals surface area contributed by atoms with Crippen LogP contribution in [-0.4, -0.2) is 34.2 Å². The number of aryl methyl sites for hydroxylation is 1. The number of hydrogen-bond acceptors (Lipinski definition) is 4. The van der Waals surface area contributed by atoms with E-state index < -0.39 is 0 Å². The first-order valence-corrected chi connectivity index (χ1v) is 8.31. The zero-order valence-corrected chi connectivity index (χ0v) is 15.3. The predicted molar refractivity (Wildman–Crippen MR) is 102 cm³/mol. The molecule has 0 aliphatic carbocycles. The molecule has 0 bridgehead atoms. The van der Waals surface area contributed by atoms with E-state index in [1.807, 2.05) is 61.5 Å². The van der Waals surface area contributed by atoms with Crippen LogP contribution >= 0.6 is 0 Å². The summed E-state index contributed by atoms with van der Waals surface area (Å²) in [5.41, 5.74) is 3.05. The van der Waals surface area contributed by atoms with Crippen molar-refractivity contribution >= 4 is 17.3 Å². The first-order chi connectivity index (χ1) is 12.0. The third kappa shape index (κ3) is 5.41. The van der Waals surface area contributed by atoms with Gasteiger partial charge in [0, 0.05) is 31.9 Å². The highest BCUT2D eigenvalue weighted by Gasteiger charge is 2.07. The Kier molecular flexibility index (Phi) is 6.69. The summed E-state index contributed by atoms with van der Waals surface area (Å²) in [6.45, 7) is 0. The van der Waals surface area contributed by atoms with Crippen molar-refractivity contribution in [2.75, 3.05) is 38.5 Å². The average molecular weight is 342 g/mol. The number of methoxy groups -OCH3 is 2. The van der Waals surface area contributed by atoms with Crippen molar-refractivity contribution in [3.8, 4) is 11.5 Å². The van der Waals surface area contributed by atoms with E-state index in [0.717, 1.165) is 29.8 Å². The lowest BCUT2D eigenvalue weighted by atomic mass is 10.1. The minimum Gasteiger partial charge on any atom is -0.493 e. The van der Waals surface area contributed by atoms with Crippen molar-refractivity contribution in [1.82, 2.24) is 0 Å².